The Morgan fingerprint density at radius 3 is 1.67 bits per heavy atom. The summed E-state index contributed by atoms with van der Waals surface area (Å²) in [5, 5.41) is 18.3. The summed E-state index contributed by atoms with van der Waals surface area (Å²) in [7, 11) is 0. The molecule has 0 aromatic heterocycles. The predicted octanol–water partition coefficient (Wildman–Crippen LogP) is 6.97. The van der Waals surface area contributed by atoms with Gasteiger partial charge in [-0.2, -0.15) is 0 Å². The second-order valence-electron chi connectivity index (χ2n) is 9.81. The Bertz CT molecular complexity index is 418. The molecule has 0 aliphatic heterocycles. The first kappa shape index (κ1) is 24.5. The number of fused-ring (bicyclic) bond motifs is 2. The molecular formula is C24H46O3. The van der Waals surface area contributed by atoms with Crippen molar-refractivity contribution in [2.45, 2.75) is 130 Å². The molecule has 27 heavy (non-hydrogen) atoms. The van der Waals surface area contributed by atoms with E-state index in [-0.39, 0.29) is 11.5 Å². The molecule has 3 atom stereocenters. The number of carbonyl (C=O) groups is 1. The lowest BCUT2D eigenvalue weighted by Gasteiger charge is -2.36. The molecule has 0 amide bonds. The highest BCUT2D eigenvalue weighted by atomic mass is 16.4. The summed E-state index contributed by atoms with van der Waals surface area (Å²) >= 11 is 0. The Morgan fingerprint density at radius 1 is 0.889 bits per heavy atom. The van der Waals surface area contributed by atoms with E-state index in [9.17, 15) is 9.90 Å². The van der Waals surface area contributed by atoms with Crippen LogP contribution in [0.1, 0.15) is 124 Å². The fraction of sp³-hybridized carbons (Fsp3) is 0.958. The molecule has 2 aliphatic carbocycles. The lowest BCUT2D eigenvalue weighted by atomic mass is 9.70. The van der Waals surface area contributed by atoms with E-state index in [2.05, 4.69) is 27.7 Å². The molecule has 160 valence electrons. The molecule has 0 aromatic rings. The number of rotatable bonds is 12. The van der Waals surface area contributed by atoms with Crippen molar-refractivity contribution in [1.29, 1.82) is 0 Å². The molecule has 2 saturated carbocycles. The highest BCUT2D eigenvalue weighted by molar-refractivity contribution is 5.66. The molecule has 0 aromatic carbocycles. The predicted molar refractivity (Wildman–Crippen MR) is 114 cm³/mol. The van der Waals surface area contributed by atoms with Crippen LogP contribution < -0.4 is 0 Å². The molecule has 3 unspecified atom stereocenters. The lowest BCUT2D eigenvalue weighted by Crippen LogP contribution is -2.35. The van der Waals surface area contributed by atoms with Crippen LogP contribution in [-0.4, -0.2) is 22.3 Å². The lowest BCUT2D eigenvalue weighted by molar-refractivity contribution is -0.137. The molecule has 3 heteroatoms. The number of aliphatic carboxylic acids is 1. The highest BCUT2D eigenvalue weighted by Crippen LogP contribution is 2.65. The first-order valence-electron chi connectivity index (χ1n) is 11.7. The number of aliphatic hydroxyl groups excluding tert-OH is 1. The Kier molecular flexibility index (Phi) is 11.0. The standard InChI is InChI=1S/C14H28O2.C10H18O/c1-2-3-4-5-6-7-8-9-10-11-12-13-14(15)16;1-9(2)7-4-5-10(9,3)8(11)6-7/h2-13H2,1H3,(H,15,16);7-8,11H,4-6H2,1-3H3. The van der Waals surface area contributed by atoms with Gasteiger partial charge in [-0.05, 0) is 42.4 Å². The quantitative estimate of drug-likeness (QED) is 0.358. The van der Waals surface area contributed by atoms with Crippen molar-refractivity contribution in [2.75, 3.05) is 0 Å². The summed E-state index contributed by atoms with van der Waals surface area (Å²) in [5.74, 6) is 0.124. The molecule has 2 rings (SSSR count). The van der Waals surface area contributed by atoms with Crippen LogP contribution in [0.2, 0.25) is 0 Å². The Hall–Kier alpha value is -0.570. The highest BCUT2D eigenvalue weighted by Gasteiger charge is 2.60. The second-order valence-corrected chi connectivity index (χ2v) is 9.81. The molecule has 0 spiro atoms. The van der Waals surface area contributed by atoms with Crippen molar-refractivity contribution < 1.29 is 15.0 Å². The van der Waals surface area contributed by atoms with Gasteiger partial charge in [0.25, 0.3) is 0 Å². The number of aliphatic hydroxyl groups is 1. The van der Waals surface area contributed by atoms with E-state index in [0.29, 0.717) is 11.8 Å². The smallest absolute Gasteiger partial charge is 0.303 e. The van der Waals surface area contributed by atoms with Crippen LogP contribution in [0.25, 0.3) is 0 Å². The summed E-state index contributed by atoms with van der Waals surface area (Å²) in [5.41, 5.74) is 0.601. The van der Waals surface area contributed by atoms with Crippen LogP contribution in [0.15, 0.2) is 0 Å². The molecule has 2 N–H and O–H groups in total. The first-order chi connectivity index (χ1) is 12.8. The number of hydrogen-bond acceptors (Lipinski definition) is 2. The average Bonchev–Trinajstić information content (AvgIpc) is 2.93. The number of unbranched alkanes of at least 4 members (excludes halogenated alkanes) is 10. The fourth-order valence-corrected chi connectivity index (χ4v) is 5.10. The number of hydrogen-bond donors (Lipinski definition) is 2. The van der Waals surface area contributed by atoms with Gasteiger partial charge < -0.3 is 10.2 Å². The van der Waals surface area contributed by atoms with E-state index >= 15 is 0 Å². The summed E-state index contributed by atoms with van der Waals surface area (Å²) in [6.07, 6.45) is 17.9. The Balaban J connectivity index is 0.000000285. The third kappa shape index (κ3) is 7.40. The molecule has 2 bridgehead atoms. The monoisotopic (exact) mass is 382 g/mol. The number of carboxylic acids is 1. The van der Waals surface area contributed by atoms with E-state index < -0.39 is 5.97 Å². The van der Waals surface area contributed by atoms with Crippen LogP contribution >= 0.6 is 0 Å². The van der Waals surface area contributed by atoms with Crippen LogP contribution in [0.3, 0.4) is 0 Å². The van der Waals surface area contributed by atoms with Gasteiger partial charge in [-0.15, -0.1) is 0 Å². The van der Waals surface area contributed by atoms with Gasteiger partial charge in [-0.25, -0.2) is 0 Å². The molecule has 0 saturated heterocycles. The van der Waals surface area contributed by atoms with Gasteiger partial charge in [-0.1, -0.05) is 91.9 Å². The third-order valence-corrected chi connectivity index (χ3v) is 7.74. The SMILES string of the molecule is CC1(C)C2CCC1(C)C(O)C2.CCCCCCCCCCCCCC(=O)O. The summed E-state index contributed by atoms with van der Waals surface area (Å²) in [6.45, 7) is 9.14. The zero-order valence-corrected chi connectivity index (χ0v) is 18.6. The molecule has 3 nitrogen and oxygen atoms in total. The van der Waals surface area contributed by atoms with Gasteiger partial charge in [-0.3, -0.25) is 4.79 Å². The Morgan fingerprint density at radius 2 is 1.37 bits per heavy atom. The van der Waals surface area contributed by atoms with Crippen LogP contribution in [-0.2, 0) is 4.79 Å². The minimum atomic E-state index is -0.657. The number of carboxylic acid groups (broad SMARTS) is 1. The summed E-state index contributed by atoms with van der Waals surface area (Å²) in [6, 6.07) is 0. The van der Waals surface area contributed by atoms with Gasteiger partial charge in [0, 0.05) is 6.42 Å². The maximum absolute atomic E-state index is 10.3. The van der Waals surface area contributed by atoms with Crippen molar-refractivity contribution in [3.05, 3.63) is 0 Å². The van der Waals surface area contributed by atoms with E-state index in [0.717, 1.165) is 25.2 Å². The van der Waals surface area contributed by atoms with Crippen LogP contribution in [0, 0.1) is 16.7 Å². The average molecular weight is 383 g/mol. The summed E-state index contributed by atoms with van der Waals surface area (Å²) in [4.78, 5) is 10.3. The maximum Gasteiger partial charge on any atom is 0.303 e. The second kappa shape index (κ2) is 12.1. The van der Waals surface area contributed by atoms with Gasteiger partial charge in [0.2, 0.25) is 0 Å². The van der Waals surface area contributed by atoms with Gasteiger partial charge >= 0.3 is 5.97 Å². The fourth-order valence-electron chi connectivity index (χ4n) is 5.10. The molecule has 2 fully saturated rings. The van der Waals surface area contributed by atoms with Crippen LogP contribution in [0.4, 0.5) is 0 Å². The minimum Gasteiger partial charge on any atom is -0.481 e. The zero-order chi connectivity index (χ0) is 20.3. The molecule has 0 heterocycles. The van der Waals surface area contributed by atoms with Gasteiger partial charge in [0.05, 0.1) is 6.10 Å². The maximum atomic E-state index is 10.3. The van der Waals surface area contributed by atoms with E-state index in [1.54, 1.807) is 0 Å². The topological polar surface area (TPSA) is 57.5 Å². The normalized spacial score (nSPS) is 28.0. The van der Waals surface area contributed by atoms with E-state index in [4.69, 9.17) is 5.11 Å². The van der Waals surface area contributed by atoms with Crippen molar-refractivity contribution in [2.24, 2.45) is 16.7 Å². The van der Waals surface area contributed by atoms with Crippen molar-refractivity contribution in [3.63, 3.8) is 0 Å². The Labute approximate surface area is 168 Å². The van der Waals surface area contributed by atoms with Gasteiger partial charge in [0.1, 0.15) is 0 Å². The third-order valence-electron chi connectivity index (χ3n) is 7.74. The van der Waals surface area contributed by atoms with E-state index in [1.165, 1.54) is 70.6 Å². The molecule has 2 aliphatic rings. The zero-order valence-electron chi connectivity index (χ0n) is 18.6. The van der Waals surface area contributed by atoms with Crippen molar-refractivity contribution >= 4 is 5.97 Å². The molecule has 0 radical (unpaired) electrons. The van der Waals surface area contributed by atoms with E-state index in [1.807, 2.05) is 0 Å². The first-order valence-corrected chi connectivity index (χ1v) is 11.7. The van der Waals surface area contributed by atoms with Gasteiger partial charge in [0.15, 0.2) is 0 Å². The van der Waals surface area contributed by atoms with Crippen molar-refractivity contribution in [1.82, 2.24) is 0 Å². The van der Waals surface area contributed by atoms with Crippen molar-refractivity contribution in [3.8, 4) is 0 Å². The van der Waals surface area contributed by atoms with Crippen LogP contribution in [0.5, 0.6) is 0 Å². The largest absolute Gasteiger partial charge is 0.481 e. The minimum absolute atomic E-state index is 0.0313. The summed E-state index contributed by atoms with van der Waals surface area (Å²) < 4.78 is 0. The molecular weight excluding hydrogens is 336 g/mol.